The van der Waals surface area contributed by atoms with Gasteiger partial charge in [0.05, 0.1) is 12.2 Å². The number of carbonyl (C=O) groups excluding carboxylic acids is 1. The Kier molecular flexibility index (Phi) is 7.18. The van der Waals surface area contributed by atoms with Crippen molar-refractivity contribution in [3.8, 4) is 0 Å². The molecule has 118 valence electrons. The van der Waals surface area contributed by atoms with Gasteiger partial charge in [-0.3, -0.25) is 4.79 Å². The van der Waals surface area contributed by atoms with E-state index in [0.717, 1.165) is 25.7 Å². The first-order valence-electron chi connectivity index (χ1n) is 8.24. The van der Waals surface area contributed by atoms with Crippen molar-refractivity contribution >= 4 is 5.78 Å². The predicted octanol–water partition coefficient (Wildman–Crippen LogP) is 3.87. The van der Waals surface area contributed by atoms with E-state index in [4.69, 9.17) is 4.74 Å². The Bertz CT molecular complexity index is 293. The summed E-state index contributed by atoms with van der Waals surface area (Å²) in [5, 5.41) is 10.2. The van der Waals surface area contributed by atoms with Crippen molar-refractivity contribution in [2.75, 3.05) is 0 Å². The molecule has 3 nitrogen and oxygen atoms in total. The van der Waals surface area contributed by atoms with Crippen molar-refractivity contribution in [2.24, 2.45) is 5.41 Å². The Morgan fingerprint density at radius 2 is 1.95 bits per heavy atom. The minimum absolute atomic E-state index is 0.103. The standard InChI is InChI=1S/C17H32O3/c1-5-6-7-8-10-13-11-9-12-14(20-13)15(18)16(19)17(2,3)4/h13-15,18H,5-12H2,1-4H3/t13-,14+,15-/m0/s1. The van der Waals surface area contributed by atoms with Crippen LogP contribution in [0.3, 0.4) is 0 Å². The molecule has 0 saturated carbocycles. The second-order valence-electron chi connectivity index (χ2n) is 7.14. The van der Waals surface area contributed by atoms with Crippen LogP contribution in [-0.4, -0.2) is 29.2 Å². The molecule has 1 N–H and O–H groups in total. The van der Waals surface area contributed by atoms with Crippen molar-refractivity contribution in [3.05, 3.63) is 0 Å². The Morgan fingerprint density at radius 3 is 2.55 bits per heavy atom. The van der Waals surface area contributed by atoms with E-state index in [2.05, 4.69) is 6.92 Å². The first kappa shape index (κ1) is 17.6. The van der Waals surface area contributed by atoms with Crippen molar-refractivity contribution < 1.29 is 14.6 Å². The Hall–Kier alpha value is -0.410. The Balaban J connectivity index is 2.42. The van der Waals surface area contributed by atoms with Gasteiger partial charge in [-0.2, -0.15) is 0 Å². The first-order valence-corrected chi connectivity index (χ1v) is 8.24. The topological polar surface area (TPSA) is 46.5 Å². The highest BCUT2D eigenvalue weighted by molar-refractivity contribution is 5.88. The van der Waals surface area contributed by atoms with Gasteiger partial charge in [0.15, 0.2) is 5.78 Å². The van der Waals surface area contributed by atoms with E-state index in [1.54, 1.807) is 0 Å². The minimum Gasteiger partial charge on any atom is -0.383 e. The number of aliphatic hydroxyl groups is 1. The monoisotopic (exact) mass is 284 g/mol. The summed E-state index contributed by atoms with van der Waals surface area (Å²) in [7, 11) is 0. The second-order valence-corrected chi connectivity index (χ2v) is 7.14. The van der Waals surface area contributed by atoms with E-state index >= 15 is 0 Å². The summed E-state index contributed by atoms with van der Waals surface area (Å²) in [6, 6.07) is 0. The Morgan fingerprint density at radius 1 is 1.25 bits per heavy atom. The molecule has 0 spiro atoms. The molecule has 0 aromatic heterocycles. The van der Waals surface area contributed by atoms with Gasteiger partial charge in [0.2, 0.25) is 0 Å². The molecular formula is C17H32O3. The zero-order chi connectivity index (χ0) is 15.2. The normalized spacial score (nSPS) is 25.4. The highest BCUT2D eigenvalue weighted by atomic mass is 16.5. The van der Waals surface area contributed by atoms with E-state index < -0.39 is 11.5 Å². The lowest BCUT2D eigenvalue weighted by Crippen LogP contribution is -2.45. The maximum Gasteiger partial charge on any atom is 0.169 e. The van der Waals surface area contributed by atoms with Gasteiger partial charge in [-0.1, -0.05) is 53.4 Å². The van der Waals surface area contributed by atoms with Crippen LogP contribution in [-0.2, 0) is 9.53 Å². The number of ketones is 1. The highest BCUT2D eigenvalue weighted by Gasteiger charge is 2.36. The number of rotatable bonds is 7. The molecule has 0 bridgehead atoms. The fourth-order valence-corrected chi connectivity index (χ4v) is 2.79. The summed E-state index contributed by atoms with van der Waals surface area (Å²) in [4.78, 5) is 12.1. The quantitative estimate of drug-likeness (QED) is 0.722. The summed E-state index contributed by atoms with van der Waals surface area (Å²) < 4.78 is 5.97. The van der Waals surface area contributed by atoms with Crippen molar-refractivity contribution in [1.82, 2.24) is 0 Å². The van der Waals surface area contributed by atoms with Crippen LogP contribution in [0.2, 0.25) is 0 Å². The zero-order valence-electron chi connectivity index (χ0n) is 13.7. The maximum absolute atomic E-state index is 12.1. The van der Waals surface area contributed by atoms with E-state index in [1.165, 1.54) is 25.7 Å². The molecule has 0 aromatic rings. The molecule has 0 radical (unpaired) electrons. The maximum atomic E-state index is 12.1. The third-order valence-corrected chi connectivity index (χ3v) is 4.12. The fraction of sp³-hybridized carbons (Fsp3) is 0.941. The molecule has 1 rings (SSSR count). The molecule has 1 aliphatic rings. The number of carbonyl (C=O) groups is 1. The highest BCUT2D eigenvalue weighted by Crippen LogP contribution is 2.28. The molecule has 0 amide bonds. The van der Waals surface area contributed by atoms with Crippen LogP contribution in [0.1, 0.15) is 79.1 Å². The van der Waals surface area contributed by atoms with Crippen molar-refractivity contribution in [1.29, 1.82) is 0 Å². The average molecular weight is 284 g/mol. The zero-order valence-corrected chi connectivity index (χ0v) is 13.7. The van der Waals surface area contributed by atoms with Gasteiger partial charge in [-0.25, -0.2) is 0 Å². The van der Waals surface area contributed by atoms with E-state index in [9.17, 15) is 9.90 Å². The Labute approximate surface area is 124 Å². The largest absolute Gasteiger partial charge is 0.383 e. The van der Waals surface area contributed by atoms with Crippen LogP contribution >= 0.6 is 0 Å². The van der Waals surface area contributed by atoms with E-state index in [-0.39, 0.29) is 18.0 Å². The van der Waals surface area contributed by atoms with Crippen LogP contribution in [0.15, 0.2) is 0 Å². The SMILES string of the molecule is CCCCCC[C@H]1CCC[C@H]([C@H](O)C(=O)C(C)(C)C)O1. The molecule has 3 atom stereocenters. The summed E-state index contributed by atoms with van der Waals surface area (Å²) in [6.45, 7) is 7.76. The van der Waals surface area contributed by atoms with Gasteiger partial charge in [-0.05, 0) is 25.7 Å². The number of hydrogen-bond acceptors (Lipinski definition) is 3. The van der Waals surface area contributed by atoms with Gasteiger partial charge in [0, 0.05) is 5.41 Å². The van der Waals surface area contributed by atoms with Gasteiger partial charge < -0.3 is 9.84 Å². The predicted molar refractivity (Wildman–Crippen MR) is 81.7 cm³/mol. The average Bonchev–Trinajstić information content (AvgIpc) is 2.41. The smallest absolute Gasteiger partial charge is 0.169 e. The summed E-state index contributed by atoms with van der Waals surface area (Å²) in [6.07, 6.45) is 7.92. The molecule has 0 aromatic carbocycles. The second kappa shape index (κ2) is 8.14. The number of Topliss-reactive ketones (excluding diaryl/α,β-unsaturated/α-hetero) is 1. The van der Waals surface area contributed by atoms with Crippen molar-refractivity contribution in [2.45, 2.75) is 97.4 Å². The third kappa shape index (κ3) is 5.53. The van der Waals surface area contributed by atoms with Crippen LogP contribution in [0.4, 0.5) is 0 Å². The first-order chi connectivity index (χ1) is 9.36. The minimum atomic E-state index is -0.964. The van der Waals surface area contributed by atoms with Crippen LogP contribution in [0, 0.1) is 5.41 Å². The molecule has 1 heterocycles. The lowest BCUT2D eigenvalue weighted by atomic mass is 9.84. The molecule has 1 fully saturated rings. The molecule has 1 aliphatic heterocycles. The lowest BCUT2D eigenvalue weighted by molar-refractivity contribution is -0.153. The van der Waals surface area contributed by atoms with Crippen LogP contribution in [0.5, 0.6) is 0 Å². The number of aliphatic hydroxyl groups excluding tert-OH is 1. The van der Waals surface area contributed by atoms with Gasteiger partial charge in [-0.15, -0.1) is 0 Å². The third-order valence-electron chi connectivity index (χ3n) is 4.12. The summed E-state index contributed by atoms with van der Waals surface area (Å²) in [5.41, 5.74) is -0.503. The van der Waals surface area contributed by atoms with Crippen LogP contribution in [0.25, 0.3) is 0 Å². The molecule has 3 heteroatoms. The van der Waals surface area contributed by atoms with Gasteiger partial charge >= 0.3 is 0 Å². The molecule has 0 aliphatic carbocycles. The summed E-state index contributed by atoms with van der Waals surface area (Å²) >= 11 is 0. The summed E-state index contributed by atoms with van der Waals surface area (Å²) in [5.74, 6) is -0.103. The van der Waals surface area contributed by atoms with Crippen molar-refractivity contribution in [3.63, 3.8) is 0 Å². The number of unbranched alkanes of at least 4 members (excludes halogenated alkanes) is 3. The molecule has 0 unspecified atom stereocenters. The fourth-order valence-electron chi connectivity index (χ4n) is 2.79. The lowest BCUT2D eigenvalue weighted by Gasteiger charge is -2.34. The van der Waals surface area contributed by atoms with E-state index in [0.29, 0.717) is 0 Å². The van der Waals surface area contributed by atoms with Crippen LogP contribution < -0.4 is 0 Å². The molecule has 20 heavy (non-hydrogen) atoms. The van der Waals surface area contributed by atoms with E-state index in [1.807, 2.05) is 20.8 Å². The number of ether oxygens (including phenoxy) is 1. The molecule has 1 saturated heterocycles. The van der Waals surface area contributed by atoms with Gasteiger partial charge in [0.1, 0.15) is 6.10 Å². The number of hydrogen-bond donors (Lipinski definition) is 1. The molecular weight excluding hydrogens is 252 g/mol. The van der Waals surface area contributed by atoms with Gasteiger partial charge in [0.25, 0.3) is 0 Å².